The van der Waals surface area contributed by atoms with Gasteiger partial charge in [0, 0.05) is 18.2 Å². The van der Waals surface area contributed by atoms with Crippen LogP contribution in [0.4, 0.5) is 0 Å². The van der Waals surface area contributed by atoms with Crippen molar-refractivity contribution < 1.29 is 4.79 Å². The Morgan fingerprint density at radius 1 is 0.792 bits per heavy atom. The highest BCUT2D eigenvalue weighted by molar-refractivity contribution is 6.02. The molecule has 1 aliphatic heterocycles. The first kappa shape index (κ1) is 14.9. The average molecular weight is 313 g/mol. The van der Waals surface area contributed by atoms with Crippen molar-refractivity contribution in [1.82, 2.24) is 5.32 Å². The van der Waals surface area contributed by atoms with Gasteiger partial charge in [-0.25, -0.2) is 0 Å². The molecule has 24 heavy (non-hydrogen) atoms. The predicted octanol–water partition coefficient (Wildman–Crippen LogP) is 4.50. The molecule has 3 aromatic carbocycles. The molecule has 1 aliphatic rings. The van der Waals surface area contributed by atoms with E-state index in [1.54, 1.807) is 0 Å². The van der Waals surface area contributed by atoms with Gasteiger partial charge in [0.2, 0.25) is 0 Å². The summed E-state index contributed by atoms with van der Waals surface area (Å²) in [6, 6.07) is 28.1. The topological polar surface area (TPSA) is 29.1 Å². The van der Waals surface area contributed by atoms with Gasteiger partial charge in [-0.2, -0.15) is 0 Å². The second kappa shape index (κ2) is 6.42. The Morgan fingerprint density at radius 2 is 1.42 bits per heavy atom. The molecule has 118 valence electrons. The molecule has 0 radical (unpaired) electrons. The molecule has 1 heterocycles. The number of carbonyl (C=O) groups is 1. The lowest BCUT2D eigenvalue weighted by Gasteiger charge is -2.34. The summed E-state index contributed by atoms with van der Waals surface area (Å²) in [5.41, 5.74) is 4.26. The van der Waals surface area contributed by atoms with Crippen molar-refractivity contribution in [3.05, 3.63) is 107 Å². The molecule has 0 saturated heterocycles. The number of ketones is 1. The van der Waals surface area contributed by atoms with Crippen molar-refractivity contribution in [3.63, 3.8) is 0 Å². The van der Waals surface area contributed by atoms with Crippen molar-refractivity contribution in [2.45, 2.75) is 18.5 Å². The summed E-state index contributed by atoms with van der Waals surface area (Å²) in [4.78, 5) is 13.3. The maximum atomic E-state index is 13.3. The van der Waals surface area contributed by atoms with Gasteiger partial charge in [-0.1, -0.05) is 84.9 Å². The highest BCUT2D eigenvalue weighted by Crippen LogP contribution is 2.39. The van der Waals surface area contributed by atoms with Gasteiger partial charge in [-0.15, -0.1) is 0 Å². The molecule has 2 nitrogen and oxygen atoms in total. The summed E-state index contributed by atoms with van der Waals surface area (Å²) < 4.78 is 0. The summed E-state index contributed by atoms with van der Waals surface area (Å²) in [5.74, 6) is -0.0381. The van der Waals surface area contributed by atoms with Crippen LogP contribution in [0.2, 0.25) is 0 Å². The standard InChI is InChI=1S/C22H19NO/c24-22(17-11-5-2-6-12-17)20-19-14-8-7-13-18(19)15-23-21(20)16-9-3-1-4-10-16/h1-14,20-21,23H,15H2. The maximum Gasteiger partial charge on any atom is 0.172 e. The summed E-state index contributed by atoms with van der Waals surface area (Å²) in [6.07, 6.45) is 0. The summed E-state index contributed by atoms with van der Waals surface area (Å²) in [7, 11) is 0. The smallest absolute Gasteiger partial charge is 0.172 e. The fraction of sp³-hybridized carbons (Fsp3) is 0.136. The van der Waals surface area contributed by atoms with E-state index >= 15 is 0 Å². The molecule has 4 rings (SSSR count). The van der Waals surface area contributed by atoms with Gasteiger partial charge in [-0.05, 0) is 16.7 Å². The molecule has 0 spiro atoms. The Hall–Kier alpha value is -2.71. The number of carbonyl (C=O) groups excluding carboxylic acids is 1. The molecule has 0 aromatic heterocycles. The molecule has 0 fully saturated rings. The van der Waals surface area contributed by atoms with E-state index in [1.165, 1.54) is 5.56 Å². The van der Waals surface area contributed by atoms with Crippen LogP contribution in [-0.2, 0) is 6.54 Å². The molecule has 0 aliphatic carbocycles. The van der Waals surface area contributed by atoms with E-state index in [1.807, 2.05) is 60.7 Å². The van der Waals surface area contributed by atoms with Crippen LogP contribution in [0.15, 0.2) is 84.9 Å². The number of fused-ring (bicyclic) bond motifs is 1. The van der Waals surface area contributed by atoms with Crippen molar-refractivity contribution >= 4 is 5.78 Å². The Labute approximate surface area is 142 Å². The number of nitrogens with one attached hydrogen (secondary N) is 1. The lowest BCUT2D eigenvalue weighted by molar-refractivity contribution is 0.0933. The zero-order chi connectivity index (χ0) is 16.4. The number of hydrogen-bond donors (Lipinski definition) is 1. The van der Waals surface area contributed by atoms with Crippen LogP contribution in [0.1, 0.15) is 39.0 Å². The van der Waals surface area contributed by atoms with Gasteiger partial charge in [-0.3, -0.25) is 4.79 Å². The highest BCUT2D eigenvalue weighted by atomic mass is 16.1. The molecule has 0 amide bonds. The van der Waals surface area contributed by atoms with Crippen molar-refractivity contribution in [2.24, 2.45) is 0 Å². The largest absolute Gasteiger partial charge is 0.305 e. The van der Waals surface area contributed by atoms with Crippen molar-refractivity contribution in [3.8, 4) is 0 Å². The normalized spacial score (nSPS) is 19.5. The van der Waals surface area contributed by atoms with E-state index in [0.29, 0.717) is 0 Å². The fourth-order valence-electron chi connectivity index (χ4n) is 3.56. The Kier molecular flexibility index (Phi) is 3.97. The van der Waals surface area contributed by atoms with E-state index < -0.39 is 0 Å². The first-order chi connectivity index (χ1) is 11.8. The first-order valence-corrected chi connectivity index (χ1v) is 8.30. The van der Waals surface area contributed by atoms with E-state index in [9.17, 15) is 4.79 Å². The van der Waals surface area contributed by atoms with Crippen LogP contribution >= 0.6 is 0 Å². The molecule has 1 N–H and O–H groups in total. The summed E-state index contributed by atoms with van der Waals surface area (Å²) in [5, 5.41) is 3.57. The van der Waals surface area contributed by atoms with Gasteiger partial charge >= 0.3 is 0 Å². The Balaban J connectivity index is 1.82. The maximum absolute atomic E-state index is 13.3. The van der Waals surface area contributed by atoms with E-state index in [4.69, 9.17) is 0 Å². The van der Waals surface area contributed by atoms with Crippen LogP contribution in [0, 0.1) is 0 Å². The second-order valence-corrected chi connectivity index (χ2v) is 6.18. The minimum absolute atomic E-state index is 0.00574. The van der Waals surface area contributed by atoms with Crippen molar-refractivity contribution in [1.29, 1.82) is 0 Å². The lowest BCUT2D eigenvalue weighted by Crippen LogP contribution is -2.36. The van der Waals surface area contributed by atoms with Gasteiger partial charge in [0.25, 0.3) is 0 Å². The second-order valence-electron chi connectivity index (χ2n) is 6.18. The highest BCUT2D eigenvalue weighted by Gasteiger charge is 2.35. The van der Waals surface area contributed by atoms with E-state index in [-0.39, 0.29) is 17.7 Å². The molecular formula is C22H19NO. The van der Waals surface area contributed by atoms with Crippen LogP contribution in [0.3, 0.4) is 0 Å². The third-order valence-corrected chi connectivity index (χ3v) is 4.74. The average Bonchev–Trinajstić information content (AvgIpc) is 2.68. The molecule has 2 atom stereocenters. The monoisotopic (exact) mass is 313 g/mol. The molecule has 2 unspecified atom stereocenters. The fourth-order valence-corrected chi connectivity index (χ4v) is 3.56. The molecule has 3 aromatic rings. The van der Waals surface area contributed by atoms with Crippen LogP contribution in [-0.4, -0.2) is 5.78 Å². The van der Waals surface area contributed by atoms with Crippen molar-refractivity contribution in [2.75, 3.05) is 0 Å². The third-order valence-electron chi connectivity index (χ3n) is 4.74. The number of Topliss-reactive ketones (excluding diaryl/α,β-unsaturated/α-hetero) is 1. The van der Waals surface area contributed by atoms with E-state index in [2.05, 4.69) is 29.6 Å². The zero-order valence-corrected chi connectivity index (χ0v) is 13.4. The van der Waals surface area contributed by atoms with Gasteiger partial charge in [0.1, 0.15) is 0 Å². The van der Waals surface area contributed by atoms with Crippen LogP contribution < -0.4 is 5.32 Å². The zero-order valence-electron chi connectivity index (χ0n) is 13.4. The predicted molar refractivity (Wildman–Crippen MR) is 96.0 cm³/mol. The lowest BCUT2D eigenvalue weighted by atomic mass is 9.77. The third kappa shape index (κ3) is 2.66. The quantitative estimate of drug-likeness (QED) is 0.721. The van der Waals surface area contributed by atoms with Gasteiger partial charge in [0.05, 0.1) is 5.92 Å². The minimum atomic E-state index is -0.209. The number of hydrogen-bond acceptors (Lipinski definition) is 2. The Bertz CT molecular complexity index is 842. The summed E-state index contributed by atoms with van der Waals surface area (Å²) >= 11 is 0. The van der Waals surface area contributed by atoms with E-state index in [0.717, 1.165) is 23.2 Å². The van der Waals surface area contributed by atoms with Crippen LogP contribution in [0.5, 0.6) is 0 Å². The molecule has 0 saturated carbocycles. The first-order valence-electron chi connectivity index (χ1n) is 8.30. The molecule has 2 heteroatoms. The summed E-state index contributed by atoms with van der Waals surface area (Å²) in [6.45, 7) is 0.786. The molecular weight excluding hydrogens is 294 g/mol. The SMILES string of the molecule is O=C(c1ccccc1)C1c2ccccc2CNC1c1ccccc1. The molecule has 0 bridgehead atoms. The Morgan fingerprint density at radius 3 is 2.17 bits per heavy atom. The van der Waals surface area contributed by atoms with Crippen LogP contribution in [0.25, 0.3) is 0 Å². The minimum Gasteiger partial charge on any atom is -0.305 e. The number of rotatable bonds is 3. The van der Waals surface area contributed by atoms with Gasteiger partial charge < -0.3 is 5.32 Å². The number of benzene rings is 3. The van der Waals surface area contributed by atoms with Gasteiger partial charge in [0.15, 0.2) is 5.78 Å².